The van der Waals surface area contributed by atoms with Crippen molar-refractivity contribution in [2.75, 3.05) is 13.7 Å². The highest BCUT2D eigenvalue weighted by atomic mass is 16.5. The minimum absolute atomic E-state index is 0.395. The lowest BCUT2D eigenvalue weighted by Crippen LogP contribution is -2.47. The molecule has 2 rings (SSSR count). The zero-order chi connectivity index (χ0) is 18.9. The molecule has 0 saturated heterocycles. The maximum atomic E-state index is 12.1. The highest BCUT2D eigenvalue weighted by Gasteiger charge is 2.16. The molecule has 0 fully saturated rings. The first-order valence-corrected chi connectivity index (χ1v) is 8.17. The molecule has 0 aliphatic carbocycles. The van der Waals surface area contributed by atoms with Crippen LogP contribution in [0, 0.1) is 0 Å². The summed E-state index contributed by atoms with van der Waals surface area (Å²) in [6.45, 7) is 4.06. The van der Waals surface area contributed by atoms with Crippen molar-refractivity contribution < 1.29 is 23.8 Å². The van der Waals surface area contributed by atoms with Gasteiger partial charge in [-0.2, -0.15) is 0 Å². The number of methoxy groups -OCH3 is 1. The van der Waals surface area contributed by atoms with Crippen LogP contribution in [0.4, 0.5) is 0 Å². The molecule has 0 heterocycles. The summed E-state index contributed by atoms with van der Waals surface area (Å²) in [6, 6.07) is 13.5. The van der Waals surface area contributed by atoms with Gasteiger partial charge in [0.2, 0.25) is 0 Å². The molecule has 2 aromatic rings. The Morgan fingerprint density at radius 1 is 0.923 bits per heavy atom. The van der Waals surface area contributed by atoms with Crippen molar-refractivity contribution in [2.24, 2.45) is 0 Å². The molecule has 7 heteroatoms. The Balaban J connectivity index is 1.83. The Bertz CT molecular complexity index is 729. The van der Waals surface area contributed by atoms with Gasteiger partial charge in [-0.15, -0.1) is 0 Å². The first kappa shape index (κ1) is 19.1. The zero-order valence-electron chi connectivity index (χ0n) is 14.9. The second kappa shape index (κ2) is 9.31. The van der Waals surface area contributed by atoms with Crippen molar-refractivity contribution in [3.8, 4) is 17.2 Å². The molecule has 0 bridgehead atoms. The maximum absolute atomic E-state index is 12.1. The number of hydrazine groups is 1. The van der Waals surface area contributed by atoms with Crippen LogP contribution in [0.1, 0.15) is 24.2 Å². The van der Waals surface area contributed by atoms with Gasteiger partial charge in [0, 0.05) is 5.56 Å². The van der Waals surface area contributed by atoms with E-state index in [1.165, 1.54) is 0 Å². The summed E-state index contributed by atoms with van der Waals surface area (Å²) in [5.41, 5.74) is 5.09. The van der Waals surface area contributed by atoms with Crippen LogP contribution in [0.5, 0.6) is 17.2 Å². The fourth-order valence-electron chi connectivity index (χ4n) is 2.07. The number of hydrogen-bond donors (Lipinski definition) is 2. The Hall–Kier alpha value is -3.22. The molecule has 0 unspecified atom stereocenters. The molecule has 138 valence electrons. The first-order chi connectivity index (χ1) is 12.5. The van der Waals surface area contributed by atoms with Gasteiger partial charge in [0.25, 0.3) is 11.8 Å². The highest BCUT2D eigenvalue weighted by molar-refractivity contribution is 5.95. The van der Waals surface area contributed by atoms with E-state index in [1.54, 1.807) is 62.6 Å². The fourth-order valence-corrected chi connectivity index (χ4v) is 2.07. The molecule has 2 aromatic carbocycles. The Kier molecular flexibility index (Phi) is 6.84. The van der Waals surface area contributed by atoms with Crippen molar-refractivity contribution in [3.05, 3.63) is 54.1 Å². The van der Waals surface area contributed by atoms with E-state index in [4.69, 9.17) is 14.2 Å². The van der Waals surface area contributed by atoms with E-state index < -0.39 is 17.9 Å². The Morgan fingerprint density at radius 2 is 1.50 bits per heavy atom. The molecule has 0 aliphatic heterocycles. The van der Waals surface area contributed by atoms with Crippen molar-refractivity contribution in [1.29, 1.82) is 0 Å². The quantitative estimate of drug-likeness (QED) is 0.742. The molecule has 7 nitrogen and oxygen atoms in total. The van der Waals surface area contributed by atoms with Gasteiger partial charge in [-0.05, 0) is 62.4 Å². The van der Waals surface area contributed by atoms with Gasteiger partial charge in [-0.25, -0.2) is 0 Å². The number of nitrogens with one attached hydrogen (secondary N) is 2. The third-order valence-corrected chi connectivity index (χ3v) is 3.47. The molecule has 0 spiro atoms. The standard InChI is InChI=1S/C19H22N2O5/c1-4-25-16-9-11-17(12-10-16)26-13(2)18(22)20-21-19(23)14-5-7-15(24-3)8-6-14/h5-13H,4H2,1-3H3,(H,20,22)(H,21,23)/t13-/m1/s1. The van der Waals surface area contributed by atoms with Crippen LogP contribution in [0.2, 0.25) is 0 Å². The lowest BCUT2D eigenvalue weighted by Gasteiger charge is -2.15. The van der Waals surface area contributed by atoms with Gasteiger partial charge in [-0.3, -0.25) is 20.4 Å². The third kappa shape index (κ3) is 5.41. The number of ether oxygens (including phenoxy) is 3. The fraction of sp³-hybridized carbons (Fsp3) is 0.263. The van der Waals surface area contributed by atoms with E-state index in [0.717, 1.165) is 5.75 Å². The second-order valence-corrected chi connectivity index (χ2v) is 5.34. The number of hydrogen-bond acceptors (Lipinski definition) is 5. The summed E-state index contributed by atoms with van der Waals surface area (Å²) >= 11 is 0. The number of carbonyl (C=O) groups excluding carboxylic acids is 2. The van der Waals surface area contributed by atoms with Crippen molar-refractivity contribution in [1.82, 2.24) is 10.9 Å². The van der Waals surface area contributed by atoms with E-state index in [9.17, 15) is 9.59 Å². The normalized spacial score (nSPS) is 11.2. The second-order valence-electron chi connectivity index (χ2n) is 5.34. The highest BCUT2D eigenvalue weighted by Crippen LogP contribution is 2.18. The number of benzene rings is 2. The van der Waals surface area contributed by atoms with Gasteiger partial charge in [0.05, 0.1) is 13.7 Å². The van der Waals surface area contributed by atoms with Crippen LogP contribution in [0.25, 0.3) is 0 Å². The van der Waals surface area contributed by atoms with Crippen LogP contribution >= 0.6 is 0 Å². The van der Waals surface area contributed by atoms with E-state index in [0.29, 0.717) is 23.7 Å². The van der Waals surface area contributed by atoms with Crippen molar-refractivity contribution in [3.63, 3.8) is 0 Å². The van der Waals surface area contributed by atoms with E-state index in [1.807, 2.05) is 6.92 Å². The van der Waals surface area contributed by atoms with Crippen LogP contribution in [-0.2, 0) is 4.79 Å². The predicted octanol–water partition coefficient (Wildman–Crippen LogP) is 2.32. The van der Waals surface area contributed by atoms with Gasteiger partial charge >= 0.3 is 0 Å². The topological polar surface area (TPSA) is 85.9 Å². The summed E-state index contributed by atoms with van der Waals surface area (Å²) < 4.78 is 15.9. The monoisotopic (exact) mass is 358 g/mol. The van der Waals surface area contributed by atoms with Crippen LogP contribution in [0.3, 0.4) is 0 Å². The van der Waals surface area contributed by atoms with E-state index in [2.05, 4.69) is 10.9 Å². The minimum atomic E-state index is -0.788. The number of carbonyl (C=O) groups is 2. The average molecular weight is 358 g/mol. The van der Waals surface area contributed by atoms with E-state index in [-0.39, 0.29) is 0 Å². The Morgan fingerprint density at radius 3 is 2.08 bits per heavy atom. The van der Waals surface area contributed by atoms with Gasteiger partial charge in [-0.1, -0.05) is 0 Å². The Labute approximate surface area is 152 Å². The van der Waals surface area contributed by atoms with E-state index >= 15 is 0 Å². The summed E-state index contributed by atoms with van der Waals surface area (Å²) in [7, 11) is 1.54. The minimum Gasteiger partial charge on any atom is -0.497 e. The third-order valence-electron chi connectivity index (χ3n) is 3.47. The largest absolute Gasteiger partial charge is 0.497 e. The van der Waals surface area contributed by atoms with Crippen molar-refractivity contribution in [2.45, 2.75) is 20.0 Å². The molecule has 26 heavy (non-hydrogen) atoms. The smallest absolute Gasteiger partial charge is 0.279 e. The lowest BCUT2D eigenvalue weighted by atomic mass is 10.2. The number of amides is 2. The summed E-state index contributed by atoms with van der Waals surface area (Å²) in [5.74, 6) is 0.985. The predicted molar refractivity (Wildman–Crippen MR) is 96.3 cm³/mol. The van der Waals surface area contributed by atoms with Crippen LogP contribution in [0.15, 0.2) is 48.5 Å². The molecule has 0 aromatic heterocycles. The first-order valence-electron chi connectivity index (χ1n) is 8.17. The van der Waals surface area contributed by atoms with Crippen LogP contribution in [-0.4, -0.2) is 31.6 Å². The summed E-state index contributed by atoms with van der Waals surface area (Å²) in [5, 5.41) is 0. The maximum Gasteiger partial charge on any atom is 0.279 e. The average Bonchev–Trinajstić information content (AvgIpc) is 2.67. The molecule has 0 saturated carbocycles. The number of rotatable bonds is 7. The molecule has 1 atom stereocenters. The zero-order valence-corrected chi connectivity index (χ0v) is 14.9. The summed E-state index contributed by atoms with van der Waals surface area (Å²) in [4.78, 5) is 24.1. The molecule has 2 amide bonds. The summed E-state index contributed by atoms with van der Waals surface area (Å²) in [6.07, 6.45) is -0.788. The van der Waals surface area contributed by atoms with Crippen LogP contribution < -0.4 is 25.1 Å². The lowest BCUT2D eigenvalue weighted by molar-refractivity contribution is -0.128. The molecule has 0 aliphatic rings. The molecular formula is C19H22N2O5. The van der Waals surface area contributed by atoms with Gasteiger partial charge < -0.3 is 14.2 Å². The van der Waals surface area contributed by atoms with Gasteiger partial charge in [0.15, 0.2) is 6.10 Å². The SMILES string of the molecule is CCOc1ccc(O[C@H](C)C(=O)NNC(=O)c2ccc(OC)cc2)cc1. The van der Waals surface area contributed by atoms with Gasteiger partial charge in [0.1, 0.15) is 17.2 Å². The molecule has 2 N–H and O–H groups in total. The van der Waals surface area contributed by atoms with Crippen molar-refractivity contribution >= 4 is 11.8 Å². The molecule has 0 radical (unpaired) electrons. The molecular weight excluding hydrogens is 336 g/mol.